The van der Waals surface area contributed by atoms with Gasteiger partial charge in [-0.15, -0.1) is 5.10 Å². The fourth-order valence-electron chi connectivity index (χ4n) is 2.61. The Bertz CT molecular complexity index is 829. The summed E-state index contributed by atoms with van der Waals surface area (Å²) >= 11 is 1.59. The fourth-order valence-corrected chi connectivity index (χ4v) is 3.30. The topological polar surface area (TPSA) is 62.1 Å². The lowest BCUT2D eigenvalue weighted by molar-refractivity contribution is 0.339. The van der Waals surface area contributed by atoms with Crippen molar-refractivity contribution in [3.63, 3.8) is 0 Å². The molecule has 3 rings (SSSR count). The second-order valence-electron chi connectivity index (χ2n) is 5.89. The molecule has 0 bridgehead atoms. The van der Waals surface area contributed by atoms with Gasteiger partial charge in [-0.2, -0.15) is 0 Å². The van der Waals surface area contributed by atoms with E-state index < -0.39 is 0 Å². The first kappa shape index (κ1) is 18.3. The first-order valence-electron chi connectivity index (χ1n) is 8.38. The highest BCUT2D eigenvalue weighted by atomic mass is 32.2. The van der Waals surface area contributed by atoms with Crippen molar-refractivity contribution in [2.45, 2.75) is 25.5 Å². The van der Waals surface area contributed by atoms with E-state index in [4.69, 9.17) is 9.47 Å². The molecular formula is C19H22N4O2S. The molecule has 0 aliphatic carbocycles. The van der Waals surface area contributed by atoms with Crippen molar-refractivity contribution < 1.29 is 9.47 Å². The van der Waals surface area contributed by atoms with Crippen LogP contribution in [0.2, 0.25) is 0 Å². The van der Waals surface area contributed by atoms with Crippen LogP contribution < -0.4 is 9.47 Å². The lowest BCUT2D eigenvalue weighted by atomic mass is 10.1. The maximum atomic E-state index is 5.94. The highest BCUT2D eigenvalue weighted by molar-refractivity contribution is 7.99. The normalized spacial score (nSPS) is 10.7. The van der Waals surface area contributed by atoms with Crippen LogP contribution in [0.5, 0.6) is 11.5 Å². The van der Waals surface area contributed by atoms with Gasteiger partial charge in [-0.1, -0.05) is 42.1 Å². The summed E-state index contributed by atoms with van der Waals surface area (Å²) in [5.74, 6) is 2.58. The lowest BCUT2D eigenvalue weighted by Gasteiger charge is -2.11. The Morgan fingerprint density at radius 3 is 2.46 bits per heavy atom. The smallest absolute Gasteiger partial charge is 0.209 e. The number of aryl methyl sites for hydroxylation is 2. The van der Waals surface area contributed by atoms with E-state index in [1.165, 1.54) is 0 Å². The predicted molar refractivity (Wildman–Crippen MR) is 102 cm³/mol. The molecule has 26 heavy (non-hydrogen) atoms. The standard InChI is InChI=1S/C19H22N4O2S/c1-14-5-4-6-15(2)18(14)25-11-12-26-19-20-21-22-23(19)13-16-7-9-17(24-3)10-8-16/h4-10H,11-13H2,1-3H3. The Morgan fingerprint density at radius 1 is 1.04 bits per heavy atom. The van der Waals surface area contributed by atoms with Crippen LogP contribution in [0.3, 0.4) is 0 Å². The summed E-state index contributed by atoms with van der Waals surface area (Å²) in [4.78, 5) is 0. The van der Waals surface area contributed by atoms with Crippen molar-refractivity contribution in [3.8, 4) is 11.5 Å². The van der Waals surface area contributed by atoms with Gasteiger partial charge in [-0.25, -0.2) is 4.68 Å². The van der Waals surface area contributed by atoms with Crippen molar-refractivity contribution in [1.82, 2.24) is 20.2 Å². The van der Waals surface area contributed by atoms with Crippen LogP contribution in [0.1, 0.15) is 16.7 Å². The molecule has 0 N–H and O–H groups in total. The first-order valence-corrected chi connectivity index (χ1v) is 9.37. The van der Waals surface area contributed by atoms with Gasteiger partial charge in [0.05, 0.1) is 20.3 Å². The van der Waals surface area contributed by atoms with E-state index in [-0.39, 0.29) is 0 Å². The second kappa shape index (κ2) is 8.71. The number of tetrazole rings is 1. The average molecular weight is 370 g/mol. The third-order valence-corrected chi connectivity index (χ3v) is 4.88. The minimum absolute atomic E-state index is 0.603. The monoisotopic (exact) mass is 370 g/mol. The van der Waals surface area contributed by atoms with E-state index in [2.05, 4.69) is 41.5 Å². The van der Waals surface area contributed by atoms with Gasteiger partial charge in [0.2, 0.25) is 5.16 Å². The van der Waals surface area contributed by atoms with Crippen LogP contribution in [-0.2, 0) is 6.54 Å². The average Bonchev–Trinajstić information content (AvgIpc) is 3.08. The number of hydrogen-bond acceptors (Lipinski definition) is 6. The largest absolute Gasteiger partial charge is 0.497 e. The summed E-state index contributed by atoms with van der Waals surface area (Å²) in [6, 6.07) is 14.1. The first-order chi connectivity index (χ1) is 12.7. The molecule has 0 fully saturated rings. The molecule has 0 amide bonds. The number of methoxy groups -OCH3 is 1. The van der Waals surface area contributed by atoms with Gasteiger partial charge in [0.25, 0.3) is 0 Å². The summed E-state index contributed by atoms with van der Waals surface area (Å²) in [6.45, 7) is 5.35. The molecule has 0 spiro atoms. The van der Waals surface area contributed by atoms with Crippen molar-refractivity contribution in [3.05, 3.63) is 59.2 Å². The molecule has 7 heteroatoms. The van der Waals surface area contributed by atoms with Crippen molar-refractivity contribution in [1.29, 1.82) is 0 Å². The zero-order chi connectivity index (χ0) is 18.4. The van der Waals surface area contributed by atoms with E-state index >= 15 is 0 Å². The Labute approximate surface area is 157 Å². The Kier molecular flexibility index (Phi) is 6.12. The number of hydrogen-bond donors (Lipinski definition) is 0. The second-order valence-corrected chi connectivity index (χ2v) is 6.95. The molecule has 0 saturated carbocycles. The zero-order valence-electron chi connectivity index (χ0n) is 15.2. The van der Waals surface area contributed by atoms with E-state index in [0.717, 1.165) is 39.1 Å². The third-order valence-electron chi connectivity index (χ3n) is 3.96. The third kappa shape index (κ3) is 4.54. The molecule has 136 valence electrons. The molecule has 0 radical (unpaired) electrons. The van der Waals surface area contributed by atoms with E-state index in [9.17, 15) is 0 Å². The maximum Gasteiger partial charge on any atom is 0.209 e. The molecule has 1 heterocycles. The van der Waals surface area contributed by atoms with Gasteiger partial charge in [-0.3, -0.25) is 0 Å². The summed E-state index contributed by atoms with van der Waals surface area (Å²) in [5.41, 5.74) is 3.42. The number of para-hydroxylation sites is 1. The van der Waals surface area contributed by atoms with E-state index in [1.54, 1.807) is 23.6 Å². The Morgan fingerprint density at radius 2 is 1.77 bits per heavy atom. The molecule has 0 unspecified atom stereocenters. The number of ether oxygens (including phenoxy) is 2. The van der Waals surface area contributed by atoms with E-state index in [1.807, 2.05) is 30.3 Å². The van der Waals surface area contributed by atoms with Crippen molar-refractivity contribution in [2.24, 2.45) is 0 Å². The van der Waals surface area contributed by atoms with Crippen LogP contribution in [0.15, 0.2) is 47.6 Å². The number of nitrogens with zero attached hydrogens (tertiary/aromatic N) is 4. The summed E-state index contributed by atoms with van der Waals surface area (Å²) < 4.78 is 12.9. The number of thioether (sulfide) groups is 1. The molecule has 1 aromatic heterocycles. The van der Waals surface area contributed by atoms with Crippen LogP contribution in [0, 0.1) is 13.8 Å². The minimum Gasteiger partial charge on any atom is -0.497 e. The Balaban J connectivity index is 1.54. The molecule has 0 atom stereocenters. The maximum absolute atomic E-state index is 5.94. The quantitative estimate of drug-likeness (QED) is 0.447. The highest BCUT2D eigenvalue weighted by Crippen LogP contribution is 2.23. The van der Waals surface area contributed by atoms with Gasteiger partial charge < -0.3 is 9.47 Å². The highest BCUT2D eigenvalue weighted by Gasteiger charge is 2.09. The minimum atomic E-state index is 0.603. The van der Waals surface area contributed by atoms with Crippen LogP contribution >= 0.6 is 11.8 Å². The zero-order valence-corrected chi connectivity index (χ0v) is 16.0. The number of rotatable bonds is 8. The van der Waals surface area contributed by atoms with Gasteiger partial charge in [-0.05, 0) is 53.1 Å². The molecule has 3 aromatic rings. The van der Waals surface area contributed by atoms with Crippen molar-refractivity contribution in [2.75, 3.05) is 19.5 Å². The summed E-state index contributed by atoms with van der Waals surface area (Å²) in [6.07, 6.45) is 0. The molecule has 0 aliphatic heterocycles. The molecule has 6 nitrogen and oxygen atoms in total. The van der Waals surface area contributed by atoms with Gasteiger partial charge in [0, 0.05) is 5.75 Å². The summed E-state index contributed by atoms with van der Waals surface area (Å²) in [7, 11) is 1.66. The molecule has 0 saturated heterocycles. The Hall–Kier alpha value is -2.54. The van der Waals surface area contributed by atoms with Crippen molar-refractivity contribution >= 4 is 11.8 Å². The molecular weight excluding hydrogens is 348 g/mol. The lowest BCUT2D eigenvalue weighted by Crippen LogP contribution is -2.06. The fraction of sp³-hybridized carbons (Fsp3) is 0.316. The number of benzene rings is 2. The van der Waals surface area contributed by atoms with Crippen LogP contribution in [0.4, 0.5) is 0 Å². The van der Waals surface area contributed by atoms with Gasteiger partial charge >= 0.3 is 0 Å². The van der Waals surface area contributed by atoms with Gasteiger partial charge in [0.15, 0.2) is 0 Å². The van der Waals surface area contributed by atoms with Gasteiger partial charge in [0.1, 0.15) is 11.5 Å². The summed E-state index contributed by atoms with van der Waals surface area (Å²) in [5, 5.41) is 12.8. The molecule has 2 aromatic carbocycles. The predicted octanol–water partition coefficient (Wildman–Crippen LogP) is 3.52. The van der Waals surface area contributed by atoms with Crippen LogP contribution in [0.25, 0.3) is 0 Å². The number of aromatic nitrogens is 4. The molecule has 0 aliphatic rings. The van der Waals surface area contributed by atoms with E-state index in [0.29, 0.717) is 13.2 Å². The SMILES string of the molecule is COc1ccc(Cn2nnnc2SCCOc2c(C)cccc2C)cc1. The van der Waals surface area contributed by atoms with Crippen LogP contribution in [-0.4, -0.2) is 39.7 Å².